The van der Waals surface area contributed by atoms with E-state index in [0.29, 0.717) is 32.3 Å². The smallest absolute Gasteiger partial charge is 0.319 e. The second-order valence-corrected chi connectivity index (χ2v) is 27.8. The van der Waals surface area contributed by atoms with Crippen molar-refractivity contribution in [2.75, 3.05) is 6.61 Å². The third kappa shape index (κ3) is 8.73. The number of unbranched alkanes of at least 4 members (excludes halogenated alkanes) is 3. The van der Waals surface area contributed by atoms with Gasteiger partial charge in [-0.3, -0.25) is 4.79 Å². The van der Waals surface area contributed by atoms with Gasteiger partial charge >= 0.3 is 5.97 Å². The average Bonchev–Trinajstić information content (AvgIpc) is 3.42. The fourth-order valence-electron chi connectivity index (χ4n) is 11.1. The first kappa shape index (κ1) is 45.5. The Balaban J connectivity index is 1.46. The van der Waals surface area contributed by atoms with Crippen molar-refractivity contribution < 1.29 is 28.2 Å². The second kappa shape index (κ2) is 19.4. The van der Waals surface area contributed by atoms with Crippen LogP contribution >= 0.6 is 0 Å². The zero-order valence-corrected chi connectivity index (χ0v) is 39.5. The highest BCUT2D eigenvalue weighted by molar-refractivity contribution is 6.99. The maximum atomic E-state index is 15.0. The molecule has 2 heterocycles. The number of esters is 1. The monoisotopic (exact) mass is 839 g/mol. The van der Waals surface area contributed by atoms with Crippen molar-refractivity contribution >= 4 is 33.0 Å². The third-order valence-corrected chi connectivity index (χ3v) is 24.1. The Kier molecular flexibility index (Phi) is 14.9. The molecule has 0 radical (unpaired) electrons. The Morgan fingerprint density at radius 2 is 1.53 bits per heavy atom. The van der Waals surface area contributed by atoms with Crippen LogP contribution in [0, 0.1) is 23.2 Å². The Morgan fingerprint density at radius 3 is 2.12 bits per heavy atom. The Hall–Kier alpha value is -3.02. The Bertz CT molecular complexity index is 1760. The molecule has 2 aliphatic carbocycles. The van der Waals surface area contributed by atoms with E-state index in [0.717, 1.165) is 68.0 Å². The summed E-state index contributed by atoms with van der Waals surface area (Å²) in [4.78, 5) is 15.0. The Labute approximate surface area is 358 Å². The van der Waals surface area contributed by atoms with E-state index in [2.05, 4.69) is 140 Å². The molecule has 1 N–H and O–H groups in total. The van der Waals surface area contributed by atoms with Crippen LogP contribution in [-0.4, -0.2) is 52.3 Å². The van der Waals surface area contributed by atoms with Crippen molar-refractivity contribution in [3.8, 4) is 0 Å². The number of hydrogen-bond acceptors (Lipinski definition) is 6. The third-order valence-electron chi connectivity index (χ3n) is 14.6. The number of allylic oxidation sites excluding steroid dienone is 6. The minimum atomic E-state index is -2.89. The van der Waals surface area contributed by atoms with Crippen molar-refractivity contribution in [1.29, 1.82) is 0 Å². The lowest BCUT2D eigenvalue weighted by atomic mass is 9.60. The Morgan fingerprint density at radius 1 is 0.898 bits per heavy atom. The molecular formula is C51H74O6Si2. The van der Waals surface area contributed by atoms with Gasteiger partial charge in [0, 0.05) is 12.2 Å². The number of hydrogen-bond donors (Lipinski definition) is 1. The van der Waals surface area contributed by atoms with E-state index < -0.39 is 40.0 Å². The summed E-state index contributed by atoms with van der Waals surface area (Å²) in [5.74, 6) is -0.504. The fourth-order valence-corrected chi connectivity index (χ4v) is 18.3. The minimum Gasteiger partial charge on any atom is -0.546 e. The number of benzene rings is 2. The molecule has 2 aromatic rings. The van der Waals surface area contributed by atoms with E-state index in [9.17, 15) is 5.11 Å². The molecule has 0 saturated carbocycles. The largest absolute Gasteiger partial charge is 0.546 e. The molecule has 2 aromatic carbocycles. The molecule has 7 atom stereocenters. The maximum Gasteiger partial charge on any atom is 0.319 e. The van der Waals surface area contributed by atoms with Crippen molar-refractivity contribution in [3.63, 3.8) is 0 Å². The van der Waals surface area contributed by atoms with E-state index in [1.54, 1.807) is 0 Å². The minimum absolute atomic E-state index is 0.114. The van der Waals surface area contributed by atoms with Crippen molar-refractivity contribution in [2.24, 2.45) is 23.2 Å². The summed E-state index contributed by atoms with van der Waals surface area (Å²) >= 11 is 0. The van der Waals surface area contributed by atoms with Crippen LogP contribution in [0.25, 0.3) is 0 Å². The van der Waals surface area contributed by atoms with Crippen LogP contribution in [0.15, 0.2) is 108 Å². The molecule has 4 aliphatic rings. The molecule has 1 spiro atoms. The van der Waals surface area contributed by atoms with Gasteiger partial charge in [-0.2, -0.15) is 0 Å². The zero-order valence-electron chi connectivity index (χ0n) is 37.5. The molecule has 6 rings (SSSR count). The first-order valence-electron chi connectivity index (χ1n) is 23.1. The van der Waals surface area contributed by atoms with Crippen LogP contribution < -0.4 is 10.4 Å². The zero-order chi connectivity index (χ0) is 42.3. The lowest BCUT2D eigenvalue weighted by Crippen LogP contribution is -2.66. The average molecular weight is 839 g/mol. The van der Waals surface area contributed by atoms with Crippen LogP contribution in [0.4, 0.5) is 0 Å². The van der Waals surface area contributed by atoms with Crippen molar-refractivity contribution in [2.45, 2.75) is 161 Å². The number of carbonyl (C=O) groups is 1. The van der Waals surface area contributed by atoms with E-state index in [4.69, 9.17) is 18.3 Å². The van der Waals surface area contributed by atoms with Crippen LogP contribution in [0.2, 0.25) is 23.2 Å². The highest BCUT2D eigenvalue weighted by Gasteiger charge is 2.73. The van der Waals surface area contributed by atoms with Gasteiger partial charge in [-0.25, -0.2) is 0 Å². The van der Waals surface area contributed by atoms with E-state index in [1.807, 2.05) is 13.0 Å². The second-order valence-electron chi connectivity index (χ2n) is 18.8. The molecule has 2 aliphatic heterocycles. The van der Waals surface area contributed by atoms with Gasteiger partial charge in [0.1, 0.15) is 5.41 Å². The summed E-state index contributed by atoms with van der Waals surface area (Å²) in [6.45, 7) is 18.2. The van der Waals surface area contributed by atoms with Gasteiger partial charge in [-0.1, -0.05) is 145 Å². The summed E-state index contributed by atoms with van der Waals surface area (Å²) in [7, 11) is -5.03. The SMILES string of the molecule is C/C=C/CCCCC[C@H]1C=C2[C@@]3(CCO[Si](c4ccccc4)(c4ccccc4)C(C)(C)C)CC=C(O[Si](CC)(CC)CC)[C@H]4[C@@H]1C[C@@H]([C@H](O)CC/C=C/C)O[C@@]24OC3=O. The van der Waals surface area contributed by atoms with Gasteiger partial charge in [0.2, 0.25) is 14.1 Å². The molecule has 0 amide bonds. The molecule has 8 heteroatoms. The van der Waals surface area contributed by atoms with Crippen LogP contribution in [-0.2, 0) is 23.1 Å². The van der Waals surface area contributed by atoms with E-state index >= 15 is 4.79 Å². The number of rotatable bonds is 21. The van der Waals surface area contributed by atoms with Crippen LogP contribution in [0.1, 0.15) is 120 Å². The van der Waals surface area contributed by atoms with Gasteiger partial charge in [-0.15, -0.1) is 0 Å². The summed E-state index contributed by atoms with van der Waals surface area (Å²) < 4.78 is 29.1. The summed E-state index contributed by atoms with van der Waals surface area (Å²) in [6, 6.07) is 24.5. The molecule has 322 valence electrons. The molecule has 5 bridgehead atoms. The highest BCUT2D eigenvalue weighted by atomic mass is 28.4. The van der Waals surface area contributed by atoms with Crippen molar-refractivity contribution in [1.82, 2.24) is 0 Å². The predicted molar refractivity (Wildman–Crippen MR) is 246 cm³/mol. The molecule has 0 unspecified atom stereocenters. The number of ether oxygens (including phenoxy) is 2. The van der Waals surface area contributed by atoms with Gasteiger partial charge in [0.05, 0.1) is 23.9 Å². The lowest BCUT2D eigenvalue weighted by molar-refractivity contribution is -0.290. The van der Waals surface area contributed by atoms with Gasteiger partial charge < -0.3 is 23.4 Å². The van der Waals surface area contributed by atoms with Gasteiger partial charge in [0.15, 0.2) is 0 Å². The van der Waals surface area contributed by atoms with E-state index in [1.165, 1.54) is 10.4 Å². The molecular weight excluding hydrogens is 765 g/mol. The molecule has 0 aromatic heterocycles. The number of carbonyl (C=O) groups excluding carboxylic acids is 1. The topological polar surface area (TPSA) is 74.2 Å². The summed E-state index contributed by atoms with van der Waals surface area (Å²) in [5.41, 5.74) is -0.0190. The first-order chi connectivity index (χ1) is 28.4. The number of aliphatic hydroxyl groups excluding tert-OH is 1. The molecule has 2 fully saturated rings. The van der Waals surface area contributed by atoms with E-state index in [-0.39, 0.29) is 28.8 Å². The first-order valence-corrected chi connectivity index (χ1v) is 27.5. The predicted octanol–water partition coefficient (Wildman–Crippen LogP) is 11.3. The highest BCUT2D eigenvalue weighted by Crippen LogP contribution is 2.66. The fraction of sp³-hybridized carbons (Fsp3) is 0.588. The molecule has 59 heavy (non-hydrogen) atoms. The lowest BCUT2D eigenvalue weighted by Gasteiger charge is -2.54. The quantitative estimate of drug-likeness (QED) is 0.0584. The maximum absolute atomic E-state index is 15.0. The van der Waals surface area contributed by atoms with Crippen LogP contribution in [0.3, 0.4) is 0 Å². The van der Waals surface area contributed by atoms with Crippen LogP contribution in [0.5, 0.6) is 0 Å². The van der Waals surface area contributed by atoms with Gasteiger partial charge in [-0.05, 0) is 117 Å². The van der Waals surface area contributed by atoms with Gasteiger partial charge in [0.25, 0.3) is 8.32 Å². The summed E-state index contributed by atoms with van der Waals surface area (Å²) in [5, 5.41) is 14.1. The number of aliphatic hydroxyl groups is 1. The normalized spacial score (nSPS) is 27.4. The van der Waals surface area contributed by atoms with Crippen molar-refractivity contribution in [3.05, 3.63) is 108 Å². The molecule has 6 nitrogen and oxygen atoms in total. The summed E-state index contributed by atoms with van der Waals surface area (Å²) in [6.07, 6.45) is 20.7. The standard InChI is InChI=1S/C51H74O6Si2/c1-9-14-16-17-18-22-27-39-37-46-50(35-36-54-59(49(6,7)8,40-28-23-19-24-29-40)41-30-25-20-26-31-41)34-33-44(57-58(11-3,12-4)13-5)47-42(39)38-45(43(52)32-21-15-10-2)55-51(46,47)56-48(50)53/h9-10,14-15,19-20,23-26,28-31,33,37,39,42-43,45,47,52H,11-13,16-18,21-22,27,32,34-36,38H2,1-8H3/b14-9+,15-10+/t39-,42+,43+,45-,47+,50-,51+/m0/s1. The molecule has 2 saturated heterocycles.